The number of nitrogens with two attached hydrogens (primary N) is 1. The van der Waals surface area contributed by atoms with Crippen LogP contribution in [-0.2, 0) is 21.4 Å². The van der Waals surface area contributed by atoms with E-state index < -0.39 is 15.3 Å². The maximum atomic E-state index is 10.9. The van der Waals surface area contributed by atoms with Gasteiger partial charge in [-0.3, -0.25) is 5.84 Å². The highest BCUT2D eigenvalue weighted by Gasteiger charge is 2.21. The molecular weight excluding hydrogens is 220 g/mol. The smallest absolute Gasteiger partial charge is 0.441 e. The van der Waals surface area contributed by atoms with Crippen molar-refractivity contribution < 1.29 is 17.9 Å². The second-order valence-corrected chi connectivity index (χ2v) is 4.22. The first kappa shape index (κ1) is 11.6. The molecule has 0 aliphatic rings. The molecule has 7 heteroatoms. The monoisotopic (exact) mass is 230 g/mol. The number of sulfonamides is 1. The van der Waals surface area contributed by atoms with Crippen molar-refractivity contribution in [1.29, 1.82) is 0 Å². The van der Waals surface area contributed by atoms with E-state index in [2.05, 4.69) is 10.6 Å². The Morgan fingerprint density at radius 3 is 2.47 bits per heavy atom. The van der Waals surface area contributed by atoms with E-state index in [1.165, 1.54) is 4.83 Å². The van der Waals surface area contributed by atoms with Gasteiger partial charge >= 0.3 is 15.3 Å². The van der Waals surface area contributed by atoms with Crippen LogP contribution in [-0.4, -0.2) is 13.7 Å². The zero-order chi connectivity index (χ0) is 11.3. The summed E-state index contributed by atoms with van der Waals surface area (Å²) in [6.45, 7) is -0.111. The molecule has 0 heterocycles. The van der Waals surface area contributed by atoms with Crippen LogP contribution in [0.25, 0.3) is 0 Å². The number of carbonyl (C=O) groups excluding carboxylic acids is 1. The lowest BCUT2D eigenvalue weighted by atomic mass is 10.2. The lowest BCUT2D eigenvalue weighted by molar-refractivity contribution is 0.165. The van der Waals surface area contributed by atoms with Gasteiger partial charge in [-0.15, -0.1) is 4.83 Å². The van der Waals surface area contributed by atoms with E-state index in [4.69, 9.17) is 0 Å². The average molecular weight is 230 g/mol. The second-order valence-electron chi connectivity index (χ2n) is 2.65. The van der Waals surface area contributed by atoms with E-state index >= 15 is 0 Å². The normalized spacial score (nSPS) is 11.0. The molecule has 0 spiro atoms. The molecule has 0 bridgehead atoms. The van der Waals surface area contributed by atoms with Gasteiger partial charge in [-0.25, -0.2) is 4.79 Å². The van der Waals surface area contributed by atoms with E-state index in [1.54, 1.807) is 30.3 Å². The van der Waals surface area contributed by atoms with Crippen LogP contribution in [0.5, 0.6) is 0 Å². The first-order valence-electron chi connectivity index (χ1n) is 3.99. The number of hydrogen-bond donors (Lipinski definition) is 2. The Morgan fingerprint density at radius 1 is 1.33 bits per heavy atom. The fourth-order valence-electron chi connectivity index (χ4n) is 0.842. The molecule has 0 unspecified atom stereocenters. The van der Waals surface area contributed by atoms with E-state index in [-0.39, 0.29) is 6.61 Å². The molecule has 1 rings (SSSR count). The lowest BCUT2D eigenvalue weighted by Crippen LogP contribution is -2.36. The molecule has 0 atom stereocenters. The number of hydrogen-bond acceptors (Lipinski definition) is 5. The highest BCUT2D eigenvalue weighted by Crippen LogP contribution is 2.02. The Kier molecular flexibility index (Phi) is 3.78. The van der Waals surface area contributed by atoms with E-state index in [9.17, 15) is 13.2 Å². The Hall–Kier alpha value is -1.44. The van der Waals surface area contributed by atoms with Crippen LogP contribution in [0.15, 0.2) is 30.3 Å². The predicted octanol–water partition coefficient (Wildman–Crippen LogP) is 0.116. The molecule has 0 saturated carbocycles. The SMILES string of the molecule is NNS(=O)(=O)C(=O)OCc1ccccc1. The summed E-state index contributed by atoms with van der Waals surface area (Å²) in [5.74, 6) is 4.64. The number of carbonyl (C=O) groups is 1. The average Bonchev–Trinajstić information content (AvgIpc) is 2.27. The number of hydrazine groups is 1. The third kappa shape index (κ3) is 3.31. The van der Waals surface area contributed by atoms with Crippen molar-refractivity contribution in [1.82, 2.24) is 4.83 Å². The van der Waals surface area contributed by atoms with Crippen LogP contribution in [0.3, 0.4) is 0 Å². The molecule has 0 aromatic heterocycles. The third-order valence-corrected chi connectivity index (χ3v) is 2.44. The van der Waals surface area contributed by atoms with Crippen molar-refractivity contribution in [2.45, 2.75) is 6.61 Å². The molecule has 0 aliphatic heterocycles. The fraction of sp³-hybridized carbons (Fsp3) is 0.125. The largest absolute Gasteiger partial charge is 0.448 e. The van der Waals surface area contributed by atoms with Crippen LogP contribution in [0.2, 0.25) is 0 Å². The minimum Gasteiger partial charge on any atom is -0.448 e. The van der Waals surface area contributed by atoms with Gasteiger partial charge in [-0.1, -0.05) is 30.3 Å². The molecule has 0 radical (unpaired) electrons. The van der Waals surface area contributed by atoms with Crippen molar-refractivity contribution in [2.24, 2.45) is 5.84 Å². The summed E-state index contributed by atoms with van der Waals surface area (Å²) in [4.78, 5) is 12.3. The Bertz CT molecular complexity index is 429. The summed E-state index contributed by atoms with van der Waals surface area (Å²) in [5.41, 5.74) is 0.693. The second kappa shape index (κ2) is 4.87. The predicted molar refractivity (Wildman–Crippen MR) is 52.9 cm³/mol. The maximum absolute atomic E-state index is 10.9. The van der Waals surface area contributed by atoms with Crippen molar-refractivity contribution in [3.05, 3.63) is 35.9 Å². The van der Waals surface area contributed by atoms with E-state index in [0.717, 1.165) is 0 Å². The van der Waals surface area contributed by atoms with Gasteiger partial charge in [0.25, 0.3) is 0 Å². The van der Waals surface area contributed by atoms with Gasteiger partial charge in [0.2, 0.25) is 0 Å². The van der Waals surface area contributed by atoms with Crippen molar-refractivity contribution >= 4 is 15.3 Å². The van der Waals surface area contributed by atoms with Gasteiger partial charge in [-0.05, 0) is 5.56 Å². The topological polar surface area (TPSA) is 98.5 Å². The quantitative estimate of drug-likeness (QED) is 0.436. The molecule has 3 N–H and O–H groups in total. The van der Waals surface area contributed by atoms with Crippen molar-refractivity contribution in [3.8, 4) is 0 Å². The summed E-state index contributed by atoms with van der Waals surface area (Å²) >= 11 is 0. The van der Waals surface area contributed by atoms with E-state index in [0.29, 0.717) is 5.56 Å². The van der Waals surface area contributed by atoms with Gasteiger partial charge in [0.15, 0.2) is 0 Å². The van der Waals surface area contributed by atoms with Gasteiger partial charge in [0, 0.05) is 0 Å². The summed E-state index contributed by atoms with van der Waals surface area (Å²) < 4.78 is 26.1. The maximum Gasteiger partial charge on any atom is 0.441 e. The number of benzene rings is 1. The van der Waals surface area contributed by atoms with Crippen LogP contribution >= 0.6 is 0 Å². The molecule has 82 valence electrons. The summed E-state index contributed by atoms with van der Waals surface area (Å²) in [6, 6.07) is 8.70. The summed E-state index contributed by atoms with van der Waals surface area (Å²) in [6.07, 6.45) is 0. The first-order chi connectivity index (χ1) is 7.06. The zero-order valence-electron chi connectivity index (χ0n) is 7.71. The molecule has 0 amide bonds. The Balaban J connectivity index is 2.56. The van der Waals surface area contributed by atoms with E-state index in [1.807, 2.05) is 0 Å². The molecular formula is C8H10N2O4S. The Morgan fingerprint density at radius 2 is 1.93 bits per heavy atom. The van der Waals surface area contributed by atoms with Crippen LogP contribution in [0, 0.1) is 0 Å². The standard InChI is InChI=1S/C8H10N2O4S/c9-10-15(12,13)8(11)14-6-7-4-2-1-3-5-7/h1-5,10H,6,9H2. The number of ether oxygens (including phenoxy) is 1. The number of rotatable bonds is 3. The Labute approximate surface area is 87.1 Å². The fourth-order valence-corrected chi connectivity index (χ4v) is 1.15. The minimum absolute atomic E-state index is 0.111. The van der Waals surface area contributed by atoms with Gasteiger partial charge < -0.3 is 4.74 Å². The zero-order valence-corrected chi connectivity index (χ0v) is 8.53. The van der Waals surface area contributed by atoms with Gasteiger partial charge in [0.1, 0.15) is 6.61 Å². The highest BCUT2D eigenvalue weighted by atomic mass is 32.2. The summed E-state index contributed by atoms with van der Waals surface area (Å²) in [7, 11) is -4.20. The third-order valence-electron chi connectivity index (χ3n) is 1.57. The summed E-state index contributed by atoms with van der Waals surface area (Å²) in [5, 5.41) is -1.39. The van der Waals surface area contributed by atoms with Gasteiger partial charge in [-0.2, -0.15) is 8.42 Å². The molecule has 1 aromatic rings. The molecule has 0 saturated heterocycles. The minimum atomic E-state index is -4.20. The van der Waals surface area contributed by atoms with Gasteiger partial charge in [0.05, 0.1) is 0 Å². The lowest BCUT2D eigenvalue weighted by Gasteiger charge is -2.03. The molecule has 1 aromatic carbocycles. The molecule has 15 heavy (non-hydrogen) atoms. The first-order valence-corrected chi connectivity index (χ1v) is 5.47. The molecule has 0 fully saturated rings. The van der Waals surface area contributed by atoms with Crippen LogP contribution in [0.4, 0.5) is 4.79 Å². The highest BCUT2D eigenvalue weighted by molar-refractivity contribution is 8.03. The van der Waals surface area contributed by atoms with Crippen LogP contribution < -0.4 is 10.7 Å². The number of nitrogens with one attached hydrogen (secondary N) is 1. The van der Waals surface area contributed by atoms with Crippen LogP contribution in [0.1, 0.15) is 5.56 Å². The van der Waals surface area contributed by atoms with Crippen molar-refractivity contribution in [2.75, 3.05) is 0 Å². The molecule has 0 aliphatic carbocycles. The molecule has 6 nitrogen and oxygen atoms in total. The van der Waals surface area contributed by atoms with Crippen molar-refractivity contribution in [3.63, 3.8) is 0 Å².